The summed E-state index contributed by atoms with van der Waals surface area (Å²) in [5.41, 5.74) is -0.498. The van der Waals surface area contributed by atoms with Crippen molar-refractivity contribution in [1.82, 2.24) is 4.90 Å². The summed E-state index contributed by atoms with van der Waals surface area (Å²) in [6.45, 7) is 6.25. The quantitative estimate of drug-likeness (QED) is 0.790. The van der Waals surface area contributed by atoms with Crippen molar-refractivity contribution in [2.75, 3.05) is 6.54 Å². The number of hydrogen-bond donors (Lipinski definition) is 1. The third-order valence-electron chi connectivity index (χ3n) is 3.05. The monoisotopic (exact) mass is 281 g/mol. The van der Waals surface area contributed by atoms with Crippen LogP contribution in [0.2, 0.25) is 0 Å². The number of amides is 1. The zero-order valence-electron chi connectivity index (χ0n) is 12.4. The molecule has 1 unspecified atom stereocenters. The summed E-state index contributed by atoms with van der Waals surface area (Å²) < 4.78 is 5.41. The Hall–Kier alpha value is -1.70. The second kappa shape index (κ2) is 7.18. The van der Waals surface area contributed by atoms with Gasteiger partial charge in [0.2, 0.25) is 0 Å². The predicted molar refractivity (Wildman–Crippen MR) is 75.2 cm³/mol. The molecule has 0 bridgehead atoms. The average Bonchev–Trinajstić information content (AvgIpc) is 2.32. The van der Waals surface area contributed by atoms with Crippen LogP contribution in [0.1, 0.15) is 52.9 Å². The minimum atomic E-state index is -1.11. The number of aliphatic carboxylic acids is 1. The largest absolute Gasteiger partial charge is 0.472 e. The molecule has 1 fully saturated rings. The molecule has 0 spiro atoms. The Labute approximate surface area is 120 Å². The van der Waals surface area contributed by atoms with Crippen molar-refractivity contribution < 1.29 is 19.4 Å². The van der Waals surface area contributed by atoms with Crippen LogP contribution in [0, 0.1) is 11.8 Å². The minimum Gasteiger partial charge on any atom is -0.472 e. The van der Waals surface area contributed by atoms with Gasteiger partial charge in [-0.3, -0.25) is 0 Å². The van der Waals surface area contributed by atoms with E-state index in [0.717, 1.165) is 19.3 Å². The van der Waals surface area contributed by atoms with E-state index >= 15 is 0 Å². The van der Waals surface area contributed by atoms with Crippen LogP contribution in [0.15, 0.2) is 0 Å². The lowest BCUT2D eigenvalue weighted by atomic mass is 9.98. The maximum absolute atomic E-state index is 12.1. The molecule has 0 aliphatic carbocycles. The van der Waals surface area contributed by atoms with Crippen molar-refractivity contribution in [2.24, 2.45) is 0 Å². The van der Waals surface area contributed by atoms with Crippen LogP contribution >= 0.6 is 0 Å². The third kappa shape index (κ3) is 5.96. The predicted octanol–water partition coefficient (Wildman–Crippen LogP) is 2.64. The third-order valence-corrected chi connectivity index (χ3v) is 3.05. The van der Waals surface area contributed by atoms with Gasteiger partial charge >= 0.3 is 12.1 Å². The summed E-state index contributed by atoms with van der Waals surface area (Å²) in [7, 11) is 0. The van der Waals surface area contributed by atoms with Gasteiger partial charge in [-0.1, -0.05) is 5.92 Å². The Balaban J connectivity index is 2.56. The van der Waals surface area contributed by atoms with Gasteiger partial charge in [-0.15, -0.1) is 0 Å². The first-order chi connectivity index (χ1) is 9.29. The van der Waals surface area contributed by atoms with Crippen molar-refractivity contribution in [1.29, 1.82) is 0 Å². The van der Waals surface area contributed by atoms with Crippen LogP contribution in [0.25, 0.3) is 0 Å². The van der Waals surface area contributed by atoms with Gasteiger partial charge in [0.25, 0.3) is 0 Å². The van der Waals surface area contributed by atoms with Gasteiger partial charge < -0.3 is 14.7 Å². The zero-order chi connectivity index (χ0) is 15.2. The molecular weight excluding hydrogens is 258 g/mol. The van der Waals surface area contributed by atoms with Crippen LogP contribution in [0.3, 0.4) is 0 Å². The molecule has 20 heavy (non-hydrogen) atoms. The molecule has 1 saturated heterocycles. The van der Waals surface area contributed by atoms with Crippen molar-refractivity contribution in [3.63, 3.8) is 0 Å². The van der Waals surface area contributed by atoms with Gasteiger partial charge in [-0.25, -0.2) is 9.59 Å². The number of piperidine rings is 1. The molecule has 5 nitrogen and oxygen atoms in total. The summed E-state index contributed by atoms with van der Waals surface area (Å²) in [5.74, 6) is 3.60. The summed E-state index contributed by atoms with van der Waals surface area (Å²) in [5, 5.41) is 8.46. The van der Waals surface area contributed by atoms with Gasteiger partial charge in [0.1, 0.15) is 5.60 Å². The molecule has 1 N–H and O–H groups in total. The number of ether oxygens (including phenoxy) is 1. The highest BCUT2D eigenvalue weighted by molar-refractivity contribution is 5.86. The van der Waals surface area contributed by atoms with Crippen molar-refractivity contribution >= 4 is 12.1 Å². The number of likely N-dealkylation sites (tertiary alicyclic amines) is 1. The smallest absolute Gasteiger partial charge is 0.410 e. The zero-order valence-corrected chi connectivity index (χ0v) is 12.4. The Morgan fingerprint density at radius 2 is 2.05 bits per heavy atom. The molecule has 5 heteroatoms. The van der Waals surface area contributed by atoms with E-state index in [9.17, 15) is 9.59 Å². The van der Waals surface area contributed by atoms with E-state index in [1.807, 2.05) is 20.8 Å². The SMILES string of the molecule is CC(C)(C)OC(=O)N1CCCCC1CCC#CC(=O)O. The number of nitrogens with zero attached hydrogens (tertiary/aromatic N) is 1. The number of rotatable bonds is 2. The number of carboxylic acid groups (broad SMARTS) is 1. The number of carboxylic acids is 1. The van der Waals surface area contributed by atoms with Crippen LogP contribution in [-0.4, -0.2) is 40.3 Å². The molecule has 1 rings (SSSR count). The molecular formula is C15H23NO4. The molecule has 1 amide bonds. The van der Waals surface area contributed by atoms with Crippen molar-refractivity contribution in [2.45, 2.75) is 64.5 Å². The Morgan fingerprint density at radius 3 is 2.65 bits per heavy atom. The topological polar surface area (TPSA) is 66.8 Å². The number of carbonyl (C=O) groups is 2. The van der Waals surface area contributed by atoms with E-state index in [-0.39, 0.29) is 12.1 Å². The Kier molecular flexibility index (Phi) is 5.87. The van der Waals surface area contributed by atoms with Gasteiger partial charge in [0.05, 0.1) is 0 Å². The maximum Gasteiger partial charge on any atom is 0.410 e. The maximum atomic E-state index is 12.1. The van der Waals surface area contributed by atoms with E-state index in [0.29, 0.717) is 19.4 Å². The molecule has 0 saturated carbocycles. The van der Waals surface area contributed by atoms with Crippen molar-refractivity contribution in [3.05, 3.63) is 0 Å². The van der Waals surface area contributed by atoms with Gasteiger partial charge in [0, 0.05) is 24.9 Å². The standard InChI is InChI=1S/C15H23NO4/c1-15(2,3)20-14(19)16-11-7-6-9-12(16)8-4-5-10-13(17)18/h12H,4,6-9,11H2,1-3H3,(H,17,18). The second-order valence-electron chi connectivity index (χ2n) is 5.97. The molecule has 0 aromatic carbocycles. The van der Waals surface area contributed by atoms with Gasteiger partial charge in [-0.2, -0.15) is 0 Å². The first kappa shape index (κ1) is 16.4. The first-order valence-corrected chi connectivity index (χ1v) is 7.01. The summed E-state index contributed by atoms with van der Waals surface area (Å²) in [4.78, 5) is 24.2. The number of hydrogen-bond acceptors (Lipinski definition) is 3. The van der Waals surface area contributed by atoms with E-state index in [2.05, 4.69) is 11.8 Å². The molecule has 0 radical (unpaired) electrons. The fourth-order valence-corrected chi connectivity index (χ4v) is 2.24. The lowest BCUT2D eigenvalue weighted by Gasteiger charge is -2.36. The minimum absolute atomic E-state index is 0.0988. The fourth-order valence-electron chi connectivity index (χ4n) is 2.24. The van der Waals surface area contributed by atoms with Gasteiger partial charge in [0.15, 0.2) is 0 Å². The molecule has 0 aromatic heterocycles. The van der Waals surface area contributed by atoms with Crippen LogP contribution in [0.4, 0.5) is 4.79 Å². The van der Waals surface area contributed by atoms with E-state index in [1.165, 1.54) is 0 Å². The van der Waals surface area contributed by atoms with Crippen molar-refractivity contribution in [3.8, 4) is 11.8 Å². The highest BCUT2D eigenvalue weighted by atomic mass is 16.6. The highest BCUT2D eigenvalue weighted by Gasteiger charge is 2.29. The molecule has 112 valence electrons. The lowest BCUT2D eigenvalue weighted by Crippen LogP contribution is -2.46. The van der Waals surface area contributed by atoms with Crippen LogP contribution in [0.5, 0.6) is 0 Å². The van der Waals surface area contributed by atoms with E-state index in [4.69, 9.17) is 9.84 Å². The summed E-state index contributed by atoms with van der Waals surface area (Å²) >= 11 is 0. The summed E-state index contributed by atoms with van der Waals surface area (Å²) in [6.07, 6.45) is 3.88. The van der Waals surface area contributed by atoms with E-state index in [1.54, 1.807) is 4.90 Å². The molecule has 1 heterocycles. The van der Waals surface area contributed by atoms with Gasteiger partial charge in [-0.05, 0) is 46.5 Å². The highest BCUT2D eigenvalue weighted by Crippen LogP contribution is 2.23. The lowest BCUT2D eigenvalue weighted by molar-refractivity contribution is -0.130. The molecule has 1 atom stereocenters. The Bertz CT molecular complexity index is 414. The molecule has 1 aliphatic heterocycles. The second-order valence-corrected chi connectivity index (χ2v) is 5.97. The van der Waals surface area contributed by atoms with Crippen LogP contribution in [-0.2, 0) is 9.53 Å². The fraction of sp³-hybridized carbons (Fsp3) is 0.733. The first-order valence-electron chi connectivity index (χ1n) is 7.01. The molecule has 0 aromatic rings. The number of carbonyl (C=O) groups excluding carboxylic acids is 1. The van der Waals surface area contributed by atoms with Crippen LogP contribution < -0.4 is 0 Å². The normalized spacial score (nSPS) is 18.9. The van der Waals surface area contributed by atoms with E-state index < -0.39 is 11.6 Å². The average molecular weight is 281 g/mol. The Morgan fingerprint density at radius 1 is 1.35 bits per heavy atom. The summed E-state index contributed by atoms with van der Waals surface area (Å²) in [6, 6.07) is 0.0988. The molecule has 1 aliphatic rings.